The summed E-state index contributed by atoms with van der Waals surface area (Å²) in [5.74, 6) is 0.238. The van der Waals surface area contributed by atoms with Crippen molar-refractivity contribution < 1.29 is 9.84 Å². The Balaban J connectivity index is 1.77. The molecule has 4 aromatic carbocycles. The minimum absolute atomic E-state index is 0.238. The van der Waals surface area contributed by atoms with Gasteiger partial charge in [-0.3, -0.25) is 0 Å². The third-order valence-corrected chi connectivity index (χ3v) is 5.44. The summed E-state index contributed by atoms with van der Waals surface area (Å²) in [6, 6.07) is 36.1. The van der Waals surface area contributed by atoms with Crippen molar-refractivity contribution >= 4 is 5.69 Å². The van der Waals surface area contributed by atoms with E-state index in [1.807, 2.05) is 60.7 Å². The lowest BCUT2D eigenvalue weighted by Gasteiger charge is -2.44. The monoisotopic (exact) mass is 379 g/mol. The highest BCUT2D eigenvalue weighted by atomic mass is 16.5. The van der Waals surface area contributed by atoms with Gasteiger partial charge in [0.25, 0.3) is 0 Å². The van der Waals surface area contributed by atoms with E-state index < -0.39 is 5.60 Å². The zero-order chi connectivity index (χ0) is 19.7. The van der Waals surface area contributed by atoms with Crippen molar-refractivity contribution in [2.75, 3.05) is 5.32 Å². The van der Waals surface area contributed by atoms with Gasteiger partial charge in [0.05, 0.1) is 0 Å². The average Bonchev–Trinajstić information content (AvgIpc) is 2.80. The van der Waals surface area contributed by atoms with Crippen molar-refractivity contribution in [3.63, 3.8) is 0 Å². The average molecular weight is 379 g/mol. The molecule has 142 valence electrons. The molecule has 4 aromatic rings. The van der Waals surface area contributed by atoms with Crippen LogP contribution >= 0.6 is 0 Å². The number of ether oxygens (including phenoxy) is 1. The summed E-state index contributed by atoms with van der Waals surface area (Å²) in [5.41, 5.74) is 4.45. The Morgan fingerprint density at radius 1 is 0.655 bits per heavy atom. The maximum atomic E-state index is 9.71. The molecule has 1 unspecified atom stereocenters. The molecule has 0 aliphatic carbocycles. The summed E-state index contributed by atoms with van der Waals surface area (Å²) in [6.07, 6.45) is -0.370. The summed E-state index contributed by atoms with van der Waals surface area (Å²) in [6.45, 7) is 0. The molecule has 0 bridgehead atoms. The molecule has 1 aliphatic rings. The van der Waals surface area contributed by atoms with Crippen molar-refractivity contribution in [2.24, 2.45) is 0 Å². The van der Waals surface area contributed by atoms with E-state index in [9.17, 15) is 5.11 Å². The minimum Gasteiger partial charge on any atom is -0.508 e. The number of para-hydroxylation sites is 1. The largest absolute Gasteiger partial charge is 0.508 e. The van der Waals surface area contributed by atoms with E-state index in [0.29, 0.717) is 0 Å². The molecule has 5 rings (SSSR count). The standard InChI is InChI=1S/C26H21NO2/c28-22-17-15-19(16-18-22)25-27-24-14-8-7-13-23(24)26(29-25,20-9-3-1-4-10-20)21-11-5-2-6-12-21/h1-18,25,27-28H. The Bertz CT molecular complexity index is 1070. The van der Waals surface area contributed by atoms with E-state index in [1.54, 1.807) is 12.1 Å². The van der Waals surface area contributed by atoms with Gasteiger partial charge in [0.15, 0.2) is 6.23 Å². The summed E-state index contributed by atoms with van der Waals surface area (Å²) >= 11 is 0. The minimum atomic E-state index is -0.757. The van der Waals surface area contributed by atoms with Gasteiger partial charge in [-0.2, -0.15) is 0 Å². The van der Waals surface area contributed by atoms with Crippen LogP contribution in [-0.4, -0.2) is 5.11 Å². The highest BCUT2D eigenvalue weighted by molar-refractivity contribution is 5.63. The Morgan fingerprint density at radius 2 is 1.21 bits per heavy atom. The molecule has 3 heteroatoms. The number of phenols is 1. The fourth-order valence-electron chi connectivity index (χ4n) is 4.09. The Hall–Kier alpha value is -3.56. The first-order valence-electron chi connectivity index (χ1n) is 9.71. The van der Waals surface area contributed by atoms with Gasteiger partial charge >= 0.3 is 0 Å². The van der Waals surface area contributed by atoms with E-state index in [0.717, 1.165) is 27.9 Å². The van der Waals surface area contributed by atoms with Crippen LogP contribution in [-0.2, 0) is 10.3 Å². The molecule has 1 aliphatic heterocycles. The van der Waals surface area contributed by atoms with E-state index in [2.05, 4.69) is 41.7 Å². The van der Waals surface area contributed by atoms with Gasteiger partial charge in [-0.05, 0) is 29.3 Å². The molecule has 1 atom stereocenters. The third kappa shape index (κ3) is 2.96. The van der Waals surface area contributed by atoms with Crippen molar-refractivity contribution in [1.82, 2.24) is 0 Å². The maximum absolute atomic E-state index is 9.71. The molecule has 0 aromatic heterocycles. The van der Waals surface area contributed by atoms with E-state index >= 15 is 0 Å². The third-order valence-electron chi connectivity index (χ3n) is 5.44. The van der Waals surface area contributed by atoms with Crippen LogP contribution in [0.4, 0.5) is 5.69 Å². The number of benzene rings is 4. The predicted molar refractivity (Wildman–Crippen MR) is 115 cm³/mol. The molecule has 1 heterocycles. The number of hydrogen-bond acceptors (Lipinski definition) is 3. The molecule has 0 radical (unpaired) electrons. The van der Waals surface area contributed by atoms with E-state index in [4.69, 9.17) is 4.74 Å². The molecule has 0 fully saturated rings. The fourth-order valence-corrected chi connectivity index (χ4v) is 4.09. The van der Waals surface area contributed by atoms with E-state index in [-0.39, 0.29) is 12.0 Å². The summed E-state index contributed by atoms with van der Waals surface area (Å²) in [5, 5.41) is 13.2. The van der Waals surface area contributed by atoms with Crippen LogP contribution in [0.2, 0.25) is 0 Å². The Morgan fingerprint density at radius 3 is 1.83 bits per heavy atom. The topological polar surface area (TPSA) is 41.5 Å². The lowest BCUT2D eigenvalue weighted by Crippen LogP contribution is -2.40. The zero-order valence-electron chi connectivity index (χ0n) is 15.8. The summed E-state index contributed by atoms with van der Waals surface area (Å²) in [4.78, 5) is 0. The number of hydrogen-bond donors (Lipinski definition) is 2. The van der Waals surface area contributed by atoms with Crippen molar-refractivity contribution in [3.8, 4) is 5.75 Å². The number of nitrogens with one attached hydrogen (secondary N) is 1. The molecular formula is C26H21NO2. The quantitative estimate of drug-likeness (QED) is 0.471. The van der Waals surface area contributed by atoms with Crippen molar-refractivity contribution in [2.45, 2.75) is 11.8 Å². The summed E-state index contributed by atoms with van der Waals surface area (Å²) in [7, 11) is 0. The fraction of sp³-hybridized carbons (Fsp3) is 0.0769. The second-order valence-electron chi connectivity index (χ2n) is 7.19. The SMILES string of the molecule is Oc1ccc(C2Nc3ccccc3C(c3ccccc3)(c3ccccc3)O2)cc1. The number of aromatic hydroxyl groups is 1. The molecule has 0 saturated carbocycles. The predicted octanol–water partition coefficient (Wildman–Crippen LogP) is 5.83. The van der Waals surface area contributed by atoms with Crippen LogP contribution in [0.3, 0.4) is 0 Å². The molecule has 0 spiro atoms. The molecule has 0 amide bonds. The van der Waals surface area contributed by atoms with Crippen LogP contribution in [0.15, 0.2) is 109 Å². The van der Waals surface area contributed by atoms with Crippen LogP contribution in [0.25, 0.3) is 0 Å². The smallest absolute Gasteiger partial charge is 0.156 e. The van der Waals surface area contributed by atoms with E-state index in [1.165, 1.54) is 0 Å². The molecule has 0 saturated heterocycles. The molecule has 29 heavy (non-hydrogen) atoms. The van der Waals surface area contributed by atoms with Crippen LogP contribution in [0, 0.1) is 0 Å². The van der Waals surface area contributed by atoms with Gasteiger partial charge in [-0.25, -0.2) is 0 Å². The highest BCUT2D eigenvalue weighted by Gasteiger charge is 2.44. The van der Waals surface area contributed by atoms with Crippen LogP contribution < -0.4 is 5.32 Å². The van der Waals surface area contributed by atoms with Gasteiger partial charge in [-0.1, -0.05) is 91.0 Å². The molecule has 2 N–H and O–H groups in total. The first-order valence-corrected chi connectivity index (χ1v) is 9.71. The lowest BCUT2D eigenvalue weighted by molar-refractivity contribution is -0.0432. The Labute approximate surface area is 170 Å². The van der Waals surface area contributed by atoms with Gasteiger partial charge in [0.1, 0.15) is 11.4 Å². The van der Waals surface area contributed by atoms with Crippen molar-refractivity contribution in [3.05, 3.63) is 131 Å². The zero-order valence-corrected chi connectivity index (χ0v) is 15.8. The molecular weight excluding hydrogens is 358 g/mol. The second kappa shape index (κ2) is 7.12. The summed E-state index contributed by atoms with van der Waals surface area (Å²) < 4.78 is 6.91. The normalized spacial score (nSPS) is 17.2. The number of anilines is 1. The van der Waals surface area contributed by atoms with Crippen LogP contribution in [0.5, 0.6) is 5.75 Å². The van der Waals surface area contributed by atoms with Gasteiger partial charge in [0, 0.05) is 16.8 Å². The molecule has 3 nitrogen and oxygen atoms in total. The first-order chi connectivity index (χ1) is 14.3. The number of fused-ring (bicyclic) bond motifs is 1. The second-order valence-corrected chi connectivity index (χ2v) is 7.19. The number of phenolic OH excluding ortho intramolecular Hbond substituents is 1. The number of rotatable bonds is 3. The Kier molecular flexibility index (Phi) is 4.30. The lowest BCUT2D eigenvalue weighted by atomic mass is 9.78. The first kappa shape index (κ1) is 17.5. The van der Waals surface area contributed by atoms with Gasteiger partial charge in [0.2, 0.25) is 0 Å². The van der Waals surface area contributed by atoms with Crippen molar-refractivity contribution in [1.29, 1.82) is 0 Å². The maximum Gasteiger partial charge on any atom is 0.156 e. The van der Waals surface area contributed by atoms with Gasteiger partial charge < -0.3 is 15.2 Å². The highest BCUT2D eigenvalue weighted by Crippen LogP contribution is 2.50. The van der Waals surface area contributed by atoms with Gasteiger partial charge in [-0.15, -0.1) is 0 Å². The van der Waals surface area contributed by atoms with Crippen LogP contribution in [0.1, 0.15) is 28.5 Å².